The van der Waals surface area contributed by atoms with Crippen molar-refractivity contribution >= 4 is 23.9 Å². The second-order valence-corrected chi connectivity index (χ2v) is 10.7. The largest absolute Gasteiger partial charge is 0.480 e. The molecule has 2 N–H and O–H groups in total. The zero-order valence-electron chi connectivity index (χ0n) is 23.5. The van der Waals surface area contributed by atoms with Crippen LogP contribution in [-0.4, -0.2) is 51.5 Å². The van der Waals surface area contributed by atoms with Gasteiger partial charge in [-0.25, -0.2) is 19.2 Å². The highest BCUT2D eigenvalue weighted by Gasteiger charge is 2.56. The Labute approximate surface area is 247 Å². The Balaban J connectivity index is 1.18. The van der Waals surface area contributed by atoms with Crippen LogP contribution in [0, 0.1) is 0 Å². The molecular weight excluding hydrogens is 564 g/mol. The Hall–Kier alpha value is -4.74. The fraction of sp³-hybridized carbons (Fsp3) is 0.419. The normalized spacial score (nSPS) is 29.5. The zero-order valence-corrected chi connectivity index (χ0v) is 23.5. The standard InChI is InChI=1S/C31H32O12/c1-2-3-6-11-20-25(34)40-30(41-26(20)35)16-18-31(19-17-30)42-27(36)22(28(37)43-31)13-8-4-7-12-21-23(32)38-29(39-24(21)33)14-9-5-10-15-29/h2-4,6-8,11-13,32,34H,5,9-10,14-19H2,1H3/b3-2+,8-4+,11-6+,12-7+,22-13?. The molecule has 0 bridgehead atoms. The van der Waals surface area contributed by atoms with Gasteiger partial charge in [0.25, 0.3) is 29.3 Å². The molecule has 0 radical (unpaired) electrons. The monoisotopic (exact) mass is 596 g/mol. The Morgan fingerprint density at radius 3 is 1.47 bits per heavy atom. The van der Waals surface area contributed by atoms with Crippen molar-refractivity contribution in [1.29, 1.82) is 0 Å². The average molecular weight is 597 g/mol. The van der Waals surface area contributed by atoms with E-state index in [0.29, 0.717) is 12.8 Å². The highest BCUT2D eigenvalue weighted by molar-refractivity contribution is 6.15. The SMILES string of the molecule is C/C=C/C=C/C1=C(O)OC2(CCC3(CC2)OC(=O)C(=C/C=C/C=C/C2=C(O)OC4(CCCCC4)OC2=O)C(=O)O3)OC1=O. The van der Waals surface area contributed by atoms with Gasteiger partial charge in [-0.2, -0.15) is 0 Å². The second-order valence-electron chi connectivity index (χ2n) is 10.7. The average Bonchev–Trinajstić information content (AvgIpc) is 2.95. The molecule has 43 heavy (non-hydrogen) atoms. The first-order valence-corrected chi connectivity index (χ1v) is 14.1. The van der Waals surface area contributed by atoms with Crippen LogP contribution in [0.2, 0.25) is 0 Å². The predicted molar refractivity (Wildman–Crippen MR) is 146 cm³/mol. The molecule has 1 saturated heterocycles. The first-order chi connectivity index (χ1) is 20.6. The molecule has 12 heteroatoms. The van der Waals surface area contributed by atoms with E-state index in [4.69, 9.17) is 28.4 Å². The van der Waals surface area contributed by atoms with Gasteiger partial charge in [0, 0.05) is 38.5 Å². The Morgan fingerprint density at radius 1 is 0.535 bits per heavy atom. The van der Waals surface area contributed by atoms with E-state index in [1.807, 2.05) is 0 Å². The summed E-state index contributed by atoms with van der Waals surface area (Å²) in [7, 11) is 0. The number of allylic oxidation sites excluding steroid dienone is 7. The number of aliphatic hydroxyl groups is 2. The second kappa shape index (κ2) is 11.9. The summed E-state index contributed by atoms with van der Waals surface area (Å²) in [6, 6.07) is 0. The van der Waals surface area contributed by atoms with E-state index >= 15 is 0 Å². The summed E-state index contributed by atoms with van der Waals surface area (Å²) in [6.45, 7) is 1.80. The van der Waals surface area contributed by atoms with Crippen LogP contribution in [0.5, 0.6) is 0 Å². The van der Waals surface area contributed by atoms with E-state index < -0.39 is 53.1 Å². The molecule has 12 nitrogen and oxygen atoms in total. The number of ether oxygens (including phenoxy) is 6. The van der Waals surface area contributed by atoms with E-state index in [0.717, 1.165) is 19.3 Å². The molecule has 5 aliphatic rings. The number of aliphatic hydroxyl groups excluding tert-OH is 2. The highest BCUT2D eigenvalue weighted by atomic mass is 16.8. The van der Waals surface area contributed by atoms with Crippen molar-refractivity contribution in [2.45, 2.75) is 82.1 Å². The van der Waals surface area contributed by atoms with Crippen molar-refractivity contribution in [1.82, 2.24) is 0 Å². The third-order valence-electron chi connectivity index (χ3n) is 7.72. The lowest BCUT2D eigenvalue weighted by Crippen LogP contribution is -2.54. The van der Waals surface area contributed by atoms with Crippen LogP contribution in [0.1, 0.15) is 64.7 Å². The van der Waals surface area contributed by atoms with Crippen LogP contribution in [0.15, 0.2) is 83.3 Å². The minimum atomic E-state index is -1.57. The molecule has 3 aliphatic heterocycles. The molecule has 228 valence electrons. The summed E-state index contributed by atoms with van der Waals surface area (Å²) in [5.41, 5.74) is -0.638. The van der Waals surface area contributed by atoms with Crippen LogP contribution in [-0.2, 0) is 47.6 Å². The van der Waals surface area contributed by atoms with Gasteiger partial charge in [-0.3, -0.25) is 0 Å². The zero-order chi connectivity index (χ0) is 30.7. The van der Waals surface area contributed by atoms with Gasteiger partial charge in [0.05, 0.1) is 0 Å². The number of hydrogen-bond donors (Lipinski definition) is 2. The Morgan fingerprint density at radius 2 is 0.977 bits per heavy atom. The Bertz CT molecular complexity index is 1380. The first kappa shape index (κ1) is 29.7. The molecule has 0 aromatic rings. The van der Waals surface area contributed by atoms with Crippen LogP contribution < -0.4 is 0 Å². The molecule has 3 fully saturated rings. The molecule has 0 atom stereocenters. The molecule has 5 rings (SSSR count). The summed E-state index contributed by atoms with van der Waals surface area (Å²) >= 11 is 0. The quantitative estimate of drug-likeness (QED) is 0.150. The molecule has 2 saturated carbocycles. The topological polar surface area (TPSA) is 164 Å². The van der Waals surface area contributed by atoms with E-state index in [1.165, 1.54) is 36.5 Å². The van der Waals surface area contributed by atoms with E-state index in [9.17, 15) is 29.4 Å². The summed E-state index contributed by atoms with van der Waals surface area (Å²) in [6.07, 6.45) is 16.7. The van der Waals surface area contributed by atoms with Crippen LogP contribution >= 0.6 is 0 Å². The molecule has 0 unspecified atom stereocenters. The lowest BCUT2D eigenvalue weighted by molar-refractivity contribution is -0.297. The molecule has 0 aromatic heterocycles. The lowest BCUT2D eigenvalue weighted by Gasteiger charge is -2.46. The maximum atomic E-state index is 12.7. The third-order valence-corrected chi connectivity index (χ3v) is 7.72. The number of esters is 4. The predicted octanol–water partition coefficient (Wildman–Crippen LogP) is 4.57. The van der Waals surface area contributed by atoms with Gasteiger partial charge in [-0.15, -0.1) is 0 Å². The van der Waals surface area contributed by atoms with Crippen molar-refractivity contribution in [3.63, 3.8) is 0 Å². The van der Waals surface area contributed by atoms with Gasteiger partial charge >= 0.3 is 23.9 Å². The lowest BCUT2D eigenvalue weighted by atomic mass is 9.87. The van der Waals surface area contributed by atoms with Gasteiger partial charge in [-0.1, -0.05) is 42.9 Å². The molecule has 0 aromatic carbocycles. The maximum absolute atomic E-state index is 12.7. The van der Waals surface area contributed by atoms with Crippen molar-refractivity contribution in [2.24, 2.45) is 0 Å². The highest BCUT2D eigenvalue weighted by Crippen LogP contribution is 2.46. The van der Waals surface area contributed by atoms with Crippen LogP contribution in [0.3, 0.4) is 0 Å². The smallest absolute Gasteiger partial charge is 0.348 e. The molecule has 0 amide bonds. The van der Waals surface area contributed by atoms with Crippen molar-refractivity contribution in [3.8, 4) is 0 Å². The molecule has 2 aliphatic carbocycles. The number of rotatable bonds is 5. The summed E-state index contributed by atoms with van der Waals surface area (Å²) < 4.78 is 33.0. The van der Waals surface area contributed by atoms with Crippen molar-refractivity contribution < 1.29 is 57.8 Å². The van der Waals surface area contributed by atoms with Crippen molar-refractivity contribution in [3.05, 3.63) is 83.3 Å². The first-order valence-electron chi connectivity index (χ1n) is 14.1. The molecule has 3 heterocycles. The fourth-order valence-corrected chi connectivity index (χ4v) is 5.44. The fourth-order valence-electron chi connectivity index (χ4n) is 5.44. The van der Waals surface area contributed by atoms with Gasteiger partial charge in [0.1, 0.15) is 16.7 Å². The number of hydrogen-bond acceptors (Lipinski definition) is 12. The summed E-state index contributed by atoms with van der Waals surface area (Å²) in [5, 5.41) is 20.6. The maximum Gasteiger partial charge on any atom is 0.348 e. The third kappa shape index (κ3) is 6.23. The van der Waals surface area contributed by atoms with E-state index in [-0.39, 0.29) is 42.4 Å². The van der Waals surface area contributed by atoms with Gasteiger partial charge in [0.15, 0.2) is 0 Å². The minimum absolute atomic E-state index is 0.00503. The molecule has 3 spiro atoms. The Kier molecular flexibility index (Phi) is 8.21. The van der Waals surface area contributed by atoms with Gasteiger partial charge in [-0.05, 0) is 38.0 Å². The van der Waals surface area contributed by atoms with E-state index in [2.05, 4.69) is 0 Å². The minimum Gasteiger partial charge on any atom is -0.480 e. The van der Waals surface area contributed by atoms with Gasteiger partial charge < -0.3 is 38.6 Å². The van der Waals surface area contributed by atoms with Gasteiger partial charge in [0.2, 0.25) is 0 Å². The van der Waals surface area contributed by atoms with Crippen LogP contribution in [0.25, 0.3) is 0 Å². The number of carbonyl (C=O) groups excluding carboxylic acids is 4. The van der Waals surface area contributed by atoms with Crippen molar-refractivity contribution in [2.75, 3.05) is 0 Å². The van der Waals surface area contributed by atoms with Crippen LogP contribution in [0.4, 0.5) is 0 Å². The number of carbonyl (C=O) groups is 4. The van der Waals surface area contributed by atoms with E-state index in [1.54, 1.807) is 25.2 Å². The summed E-state index contributed by atoms with van der Waals surface area (Å²) in [5.74, 6) is -8.52. The summed E-state index contributed by atoms with van der Waals surface area (Å²) in [4.78, 5) is 50.4. The molecular formula is C31H32O12.